The first-order valence-corrected chi connectivity index (χ1v) is 9.29. The number of carbonyl (C=O) groups excluding carboxylic acids is 2. The minimum atomic E-state index is -0.550. The first-order chi connectivity index (χ1) is 13.0. The van der Waals surface area contributed by atoms with E-state index in [9.17, 15) is 14.0 Å². The van der Waals surface area contributed by atoms with Crippen LogP contribution in [0.15, 0.2) is 36.4 Å². The molecule has 8 heteroatoms. The molecule has 2 heterocycles. The molecule has 148 valence electrons. The molecule has 1 saturated heterocycles. The van der Waals surface area contributed by atoms with Crippen LogP contribution < -0.4 is 15.5 Å². The second-order valence-corrected chi connectivity index (χ2v) is 7.24. The van der Waals surface area contributed by atoms with Crippen molar-refractivity contribution in [2.45, 2.75) is 19.4 Å². The Bertz CT molecular complexity index is 922. The molecular weight excluding hydrogens is 404 g/mol. The zero-order valence-corrected chi connectivity index (χ0v) is 16.6. The Labute approximate surface area is 173 Å². The zero-order valence-electron chi connectivity index (χ0n) is 15.0. The molecule has 28 heavy (non-hydrogen) atoms. The number of rotatable bonds is 3. The largest absolute Gasteiger partial charge is 0.323 e. The molecule has 5 nitrogen and oxygen atoms in total. The lowest BCUT2D eigenvalue weighted by atomic mass is 9.99. The molecule has 1 fully saturated rings. The second kappa shape index (κ2) is 8.47. The van der Waals surface area contributed by atoms with E-state index in [0.717, 1.165) is 5.56 Å². The predicted molar refractivity (Wildman–Crippen MR) is 110 cm³/mol. The monoisotopic (exact) mass is 423 g/mol. The summed E-state index contributed by atoms with van der Waals surface area (Å²) in [5, 5.41) is 6.32. The summed E-state index contributed by atoms with van der Waals surface area (Å²) >= 11 is 6.17. The van der Waals surface area contributed by atoms with Crippen molar-refractivity contribution in [2.24, 2.45) is 5.92 Å². The van der Waals surface area contributed by atoms with Gasteiger partial charge >= 0.3 is 0 Å². The molecule has 2 aromatic carbocycles. The summed E-state index contributed by atoms with van der Waals surface area (Å²) in [6, 6.07) is 10.4. The number of benzene rings is 2. The van der Waals surface area contributed by atoms with Crippen LogP contribution in [-0.2, 0) is 22.6 Å². The fourth-order valence-electron chi connectivity index (χ4n) is 3.65. The lowest BCUT2D eigenvalue weighted by Gasteiger charge is -2.20. The molecule has 2 aliphatic rings. The molecule has 1 unspecified atom stereocenters. The van der Waals surface area contributed by atoms with Crippen LogP contribution in [0.5, 0.6) is 0 Å². The molecule has 0 radical (unpaired) electrons. The van der Waals surface area contributed by atoms with E-state index in [2.05, 4.69) is 10.6 Å². The van der Waals surface area contributed by atoms with E-state index in [4.69, 9.17) is 11.6 Å². The van der Waals surface area contributed by atoms with Gasteiger partial charge in [-0.2, -0.15) is 0 Å². The van der Waals surface area contributed by atoms with E-state index in [1.54, 1.807) is 30.3 Å². The van der Waals surface area contributed by atoms with Crippen LogP contribution in [0.25, 0.3) is 0 Å². The van der Waals surface area contributed by atoms with Crippen molar-refractivity contribution < 1.29 is 14.0 Å². The molecule has 1 atom stereocenters. The Kier molecular flexibility index (Phi) is 6.23. The number of nitrogens with one attached hydrogen (secondary N) is 2. The highest BCUT2D eigenvalue weighted by Gasteiger charge is 2.36. The highest BCUT2D eigenvalue weighted by Crippen LogP contribution is 2.32. The number of fused-ring (bicyclic) bond motifs is 1. The van der Waals surface area contributed by atoms with Crippen LogP contribution in [-0.4, -0.2) is 24.9 Å². The fourth-order valence-corrected chi connectivity index (χ4v) is 3.89. The quantitative estimate of drug-likeness (QED) is 0.793. The van der Waals surface area contributed by atoms with Gasteiger partial charge in [-0.3, -0.25) is 9.59 Å². The average Bonchev–Trinajstić information content (AvgIpc) is 3.06. The maximum absolute atomic E-state index is 14.7. The minimum Gasteiger partial charge on any atom is -0.323 e. The molecule has 2 amide bonds. The van der Waals surface area contributed by atoms with Crippen LogP contribution >= 0.6 is 24.0 Å². The SMILES string of the molecule is Cl.O=C(Nc1ccc2c(c1F)CCNC2)C1CC(=O)N(c2ccccc2Cl)C1. The van der Waals surface area contributed by atoms with Crippen molar-refractivity contribution in [3.05, 3.63) is 58.4 Å². The topological polar surface area (TPSA) is 61.4 Å². The molecule has 0 bridgehead atoms. The third kappa shape index (κ3) is 3.85. The van der Waals surface area contributed by atoms with Crippen LogP contribution in [0.3, 0.4) is 0 Å². The molecule has 0 aliphatic carbocycles. The van der Waals surface area contributed by atoms with Crippen LogP contribution in [0, 0.1) is 11.7 Å². The summed E-state index contributed by atoms with van der Waals surface area (Å²) in [6.45, 7) is 1.57. The van der Waals surface area contributed by atoms with E-state index in [1.807, 2.05) is 6.07 Å². The van der Waals surface area contributed by atoms with Gasteiger partial charge in [0.05, 0.1) is 22.3 Å². The van der Waals surface area contributed by atoms with Gasteiger partial charge in [0, 0.05) is 19.5 Å². The van der Waals surface area contributed by atoms with E-state index >= 15 is 0 Å². The van der Waals surface area contributed by atoms with Gasteiger partial charge < -0.3 is 15.5 Å². The number of hydrogen-bond acceptors (Lipinski definition) is 3. The Hall–Kier alpha value is -2.15. The van der Waals surface area contributed by atoms with Gasteiger partial charge in [-0.05, 0) is 42.3 Å². The summed E-state index contributed by atoms with van der Waals surface area (Å²) in [4.78, 5) is 26.5. The summed E-state index contributed by atoms with van der Waals surface area (Å²) in [7, 11) is 0. The van der Waals surface area contributed by atoms with Crippen LogP contribution in [0.4, 0.5) is 15.8 Å². The average molecular weight is 424 g/mol. The summed E-state index contributed by atoms with van der Waals surface area (Å²) < 4.78 is 14.7. The third-order valence-corrected chi connectivity index (χ3v) is 5.42. The lowest BCUT2D eigenvalue weighted by Crippen LogP contribution is -2.29. The molecule has 2 aliphatic heterocycles. The number of halogens is 3. The van der Waals surface area contributed by atoms with Crippen LogP contribution in [0.2, 0.25) is 5.02 Å². The van der Waals surface area contributed by atoms with Gasteiger partial charge in [0.25, 0.3) is 0 Å². The Morgan fingerprint density at radius 3 is 2.82 bits per heavy atom. The number of anilines is 2. The van der Waals surface area contributed by atoms with Gasteiger partial charge in [0.15, 0.2) is 0 Å². The first-order valence-electron chi connectivity index (χ1n) is 8.91. The number of carbonyl (C=O) groups is 2. The van der Waals surface area contributed by atoms with Crippen molar-refractivity contribution >= 4 is 47.2 Å². The van der Waals surface area contributed by atoms with E-state index < -0.39 is 5.92 Å². The smallest absolute Gasteiger partial charge is 0.229 e. The number of para-hydroxylation sites is 1. The number of nitrogens with zero attached hydrogens (tertiary/aromatic N) is 1. The highest BCUT2D eigenvalue weighted by molar-refractivity contribution is 6.33. The molecule has 0 saturated carbocycles. The van der Waals surface area contributed by atoms with Crippen molar-refractivity contribution in [1.29, 1.82) is 0 Å². The zero-order chi connectivity index (χ0) is 19.0. The minimum absolute atomic E-state index is 0. The molecule has 2 N–H and O–H groups in total. The number of hydrogen-bond donors (Lipinski definition) is 2. The van der Waals surface area contributed by atoms with Gasteiger partial charge in [-0.25, -0.2) is 4.39 Å². The predicted octanol–water partition coefficient (Wildman–Crippen LogP) is 3.54. The maximum Gasteiger partial charge on any atom is 0.229 e. The van der Waals surface area contributed by atoms with Crippen molar-refractivity contribution in [1.82, 2.24) is 5.32 Å². The standard InChI is InChI=1S/C20H19ClFN3O2.ClH/c21-15-3-1-2-4-17(15)25-11-13(9-18(25)26)20(27)24-16-6-5-12-10-23-8-7-14(12)19(16)22;/h1-6,13,23H,7-11H2,(H,24,27);1H. The Morgan fingerprint density at radius 1 is 1.25 bits per heavy atom. The molecule has 0 aromatic heterocycles. The normalized spacial score (nSPS) is 18.4. The summed E-state index contributed by atoms with van der Waals surface area (Å²) in [5.41, 5.74) is 2.32. The lowest BCUT2D eigenvalue weighted by molar-refractivity contribution is -0.122. The maximum atomic E-state index is 14.7. The Balaban J connectivity index is 0.00000225. The van der Waals surface area contributed by atoms with Gasteiger partial charge in [-0.15, -0.1) is 12.4 Å². The number of amides is 2. The highest BCUT2D eigenvalue weighted by atomic mass is 35.5. The summed E-state index contributed by atoms with van der Waals surface area (Å²) in [5.74, 6) is -1.45. The van der Waals surface area contributed by atoms with Crippen molar-refractivity contribution in [2.75, 3.05) is 23.3 Å². The van der Waals surface area contributed by atoms with E-state index in [-0.39, 0.29) is 48.7 Å². The second-order valence-electron chi connectivity index (χ2n) is 6.84. The molecule has 0 spiro atoms. The van der Waals surface area contributed by atoms with E-state index in [0.29, 0.717) is 35.8 Å². The van der Waals surface area contributed by atoms with Gasteiger partial charge in [0.1, 0.15) is 5.82 Å². The van der Waals surface area contributed by atoms with Gasteiger partial charge in [-0.1, -0.05) is 29.8 Å². The van der Waals surface area contributed by atoms with Crippen LogP contribution in [0.1, 0.15) is 17.5 Å². The van der Waals surface area contributed by atoms with E-state index in [1.165, 1.54) is 4.90 Å². The fraction of sp³-hybridized carbons (Fsp3) is 0.300. The summed E-state index contributed by atoms with van der Waals surface area (Å²) in [6.07, 6.45) is 0.667. The van der Waals surface area contributed by atoms with Crippen molar-refractivity contribution in [3.8, 4) is 0 Å². The van der Waals surface area contributed by atoms with Gasteiger partial charge in [0.2, 0.25) is 11.8 Å². The molecule has 2 aromatic rings. The van der Waals surface area contributed by atoms with Crippen molar-refractivity contribution in [3.63, 3.8) is 0 Å². The molecular formula is C20H20Cl2FN3O2. The first kappa shape index (κ1) is 20.6. The Morgan fingerprint density at radius 2 is 2.04 bits per heavy atom. The molecule has 4 rings (SSSR count). The third-order valence-electron chi connectivity index (χ3n) is 5.10.